The van der Waals surface area contributed by atoms with Crippen molar-refractivity contribution in [3.8, 4) is 5.75 Å². The molecule has 158 valence electrons. The van der Waals surface area contributed by atoms with Gasteiger partial charge in [-0.15, -0.1) is 0 Å². The van der Waals surface area contributed by atoms with Crippen molar-refractivity contribution in [2.24, 2.45) is 0 Å². The van der Waals surface area contributed by atoms with E-state index in [-0.39, 0.29) is 11.8 Å². The van der Waals surface area contributed by atoms with Gasteiger partial charge in [-0.2, -0.15) is 0 Å². The fourth-order valence-electron chi connectivity index (χ4n) is 4.43. The molecule has 0 aromatic heterocycles. The van der Waals surface area contributed by atoms with Crippen LogP contribution in [0.4, 0.5) is 11.4 Å². The second kappa shape index (κ2) is 8.11. The van der Waals surface area contributed by atoms with Gasteiger partial charge in [-0.05, 0) is 60.7 Å². The summed E-state index contributed by atoms with van der Waals surface area (Å²) in [5.74, 6) is 0.504. The minimum atomic E-state index is -0.840. The third-order valence-corrected chi connectivity index (χ3v) is 6.30. The molecule has 2 aromatic rings. The van der Waals surface area contributed by atoms with Gasteiger partial charge in [0, 0.05) is 31.6 Å². The van der Waals surface area contributed by atoms with Crippen molar-refractivity contribution < 1.29 is 19.4 Å². The fraction of sp³-hybridized carbons (Fsp3) is 0.417. The van der Waals surface area contributed by atoms with Gasteiger partial charge in [-0.1, -0.05) is 19.1 Å². The normalized spacial score (nSPS) is 18.2. The van der Waals surface area contributed by atoms with E-state index in [4.69, 9.17) is 4.74 Å². The Hall–Kier alpha value is -2.86. The van der Waals surface area contributed by atoms with Gasteiger partial charge >= 0.3 is 0 Å². The van der Waals surface area contributed by atoms with Gasteiger partial charge in [0.25, 0.3) is 0 Å². The summed E-state index contributed by atoms with van der Waals surface area (Å²) in [6.45, 7) is 3.24. The maximum Gasteiger partial charge on any atom is 0.234 e. The van der Waals surface area contributed by atoms with Crippen molar-refractivity contribution >= 4 is 23.2 Å². The zero-order chi connectivity index (χ0) is 21.3. The lowest BCUT2D eigenvalue weighted by atomic mass is 9.84. The monoisotopic (exact) mass is 408 g/mol. The van der Waals surface area contributed by atoms with E-state index in [0.717, 1.165) is 35.7 Å². The predicted molar refractivity (Wildman–Crippen MR) is 116 cm³/mol. The van der Waals surface area contributed by atoms with Crippen LogP contribution in [0, 0.1) is 0 Å². The zero-order valence-electron chi connectivity index (χ0n) is 17.6. The molecule has 0 saturated carbocycles. The van der Waals surface area contributed by atoms with Crippen molar-refractivity contribution in [2.75, 3.05) is 30.0 Å². The Morgan fingerprint density at radius 3 is 2.43 bits per heavy atom. The quantitative estimate of drug-likeness (QED) is 0.840. The fourth-order valence-corrected chi connectivity index (χ4v) is 4.43. The summed E-state index contributed by atoms with van der Waals surface area (Å²) in [5, 5.41) is 11.2. The number of carbonyl (C=O) groups excluding carboxylic acids is 2. The highest BCUT2D eigenvalue weighted by Crippen LogP contribution is 2.37. The summed E-state index contributed by atoms with van der Waals surface area (Å²) >= 11 is 0. The number of methoxy groups -OCH3 is 1. The van der Waals surface area contributed by atoms with Crippen LogP contribution < -0.4 is 14.5 Å². The number of benzene rings is 2. The SMILES string of the molecule is CCC(=O)N1C(=O)CCc2cc(N3CCC(O)(c4ccc(OC)cc4)CC3)ccc21. The number of aryl methyl sites for hydroxylation is 1. The standard InChI is InChI=1S/C24H28N2O4/c1-3-22(27)26-21-10-7-19(16-17(21)4-11-23(26)28)25-14-12-24(29,13-15-25)18-5-8-20(30-2)9-6-18/h5-10,16,29H,3-4,11-15H2,1-2H3. The summed E-state index contributed by atoms with van der Waals surface area (Å²) in [6.07, 6.45) is 2.59. The molecule has 0 atom stereocenters. The van der Waals surface area contributed by atoms with Crippen molar-refractivity contribution in [3.05, 3.63) is 53.6 Å². The van der Waals surface area contributed by atoms with E-state index in [1.54, 1.807) is 14.0 Å². The molecule has 2 heterocycles. The molecule has 30 heavy (non-hydrogen) atoms. The van der Waals surface area contributed by atoms with E-state index in [1.165, 1.54) is 4.90 Å². The van der Waals surface area contributed by atoms with Crippen LogP contribution in [0.3, 0.4) is 0 Å². The van der Waals surface area contributed by atoms with Crippen molar-refractivity contribution in [1.29, 1.82) is 0 Å². The Bertz CT molecular complexity index is 946. The van der Waals surface area contributed by atoms with E-state index in [2.05, 4.69) is 11.0 Å². The summed E-state index contributed by atoms with van der Waals surface area (Å²) in [5.41, 5.74) is 2.90. The maximum atomic E-state index is 12.2. The van der Waals surface area contributed by atoms with E-state index in [0.29, 0.717) is 37.8 Å². The molecule has 0 spiro atoms. The first-order chi connectivity index (χ1) is 14.4. The third kappa shape index (κ3) is 3.67. The van der Waals surface area contributed by atoms with E-state index < -0.39 is 5.60 Å². The minimum Gasteiger partial charge on any atom is -0.497 e. The number of ether oxygens (including phenoxy) is 1. The number of anilines is 2. The molecule has 6 heteroatoms. The molecular formula is C24H28N2O4. The first-order valence-corrected chi connectivity index (χ1v) is 10.6. The molecule has 6 nitrogen and oxygen atoms in total. The number of piperidine rings is 1. The van der Waals surface area contributed by atoms with E-state index in [9.17, 15) is 14.7 Å². The number of imide groups is 1. The zero-order valence-corrected chi connectivity index (χ0v) is 17.6. The van der Waals surface area contributed by atoms with Gasteiger partial charge in [-0.25, -0.2) is 0 Å². The molecular weight excluding hydrogens is 380 g/mol. The van der Waals surface area contributed by atoms with Crippen LogP contribution in [0.25, 0.3) is 0 Å². The largest absolute Gasteiger partial charge is 0.497 e. The molecule has 1 saturated heterocycles. The van der Waals surface area contributed by atoms with Crippen LogP contribution in [0.15, 0.2) is 42.5 Å². The highest BCUT2D eigenvalue weighted by Gasteiger charge is 2.35. The molecule has 0 aliphatic carbocycles. The van der Waals surface area contributed by atoms with Gasteiger partial charge in [0.15, 0.2) is 0 Å². The van der Waals surface area contributed by atoms with Crippen LogP contribution in [-0.4, -0.2) is 37.1 Å². The number of hydrogen-bond acceptors (Lipinski definition) is 5. The number of fused-ring (bicyclic) bond motifs is 1. The first kappa shape index (κ1) is 20.4. The summed E-state index contributed by atoms with van der Waals surface area (Å²) in [4.78, 5) is 28.1. The minimum absolute atomic E-state index is 0.121. The van der Waals surface area contributed by atoms with E-state index in [1.807, 2.05) is 36.4 Å². The van der Waals surface area contributed by atoms with Gasteiger partial charge in [-0.3, -0.25) is 14.5 Å². The smallest absolute Gasteiger partial charge is 0.234 e. The van der Waals surface area contributed by atoms with Gasteiger partial charge in [0.1, 0.15) is 5.75 Å². The number of hydrogen-bond donors (Lipinski definition) is 1. The van der Waals surface area contributed by atoms with Crippen LogP contribution in [-0.2, 0) is 21.6 Å². The van der Waals surface area contributed by atoms with Crippen LogP contribution >= 0.6 is 0 Å². The Labute approximate surface area is 177 Å². The molecule has 2 aliphatic rings. The Balaban J connectivity index is 1.50. The lowest BCUT2D eigenvalue weighted by molar-refractivity contribution is -0.126. The lowest BCUT2D eigenvalue weighted by Crippen LogP contribution is -2.43. The second-order valence-electron chi connectivity index (χ2n) is 8.04. The van der Waals surface area contributed by atoms with Crippen LogP contribution in [0.1, 0.15) is 43.7 Å². The average Bonchev–Trinajstić information content (AvgIpc) is 2.79. The van der Waals surface area contributed by atoms with E-state index >= 15 is 0 Å². The molecule has 1 fully saturated rings. The van der Waals surface area contributed by atoms with Crippen LogP contribution in [0.2, 0.25) is 0 Å². The number of rotatable bonds is 4. The number of nitrogens with zero attached hydrogens (tertiary/aromatic N) is 2. The topological polar surface area (TPSA) is 70.1 Å². The molecule has 0 radical (unpaired) electrons. The lowest BCUT2D eigenvalue weighted by Gasteiger charge is -2.40. The first-order valence-electron chi connectivity index (χ1n) is 10.6. The summed E-state index contributed by atoms with van der Waals surface area (Å²) in [7, 11) is 1.63. The molecule has 2 amide bonds. The highest BCUT2D eigenvalue weighted by molar-refractivity contribution is 6.16. The number of aliphatic hydroxyl groups is 1. The van der Waals surface area contributed by atoms with Crippen molar-refractivity contribution in [2.45, 2.75) is 44.6 Å². The van der Waals surface area contributed by atoms with Crippen molar-refractivity contribution in [1.82, 2.24) is 0 Å². The molecule has 0 unspecified atom stereocenters. The maximum absolute atomic E-state index is 12.2. The van der Waals surface area contributed by atoms with Crippen molar-refractivity contribution in [3.63, 3.8) is 0 Å². The number of carbonyl (C=O) groups is 2. The molecule has 1 N–H and O–H groups in total. The van der Waals surface area contributed by atoms with Gasteiger partial charge in [0.05, 0.1) is 18.4 Å². The second-order valence-corrected chi connectivity index (χ2v) is 8.04. The molecule has 0 bridgehead atoms. The summed E-state index contributed by atoms with van der Waals surface area (Å²) < 4.78 is 5.21. The van der Waals surface area contributed by atoms with Gasteiger partial charge in [0.2, 0.25) is 11.8 Å². The molecule has 2 aromatic carbocycles. The Morgan fingerprint density at radius 1 is 1.10 bits per heavy atom. The predicted octanol–water partition coefficient (Wildman–Crippen LogP) is 3.40. The molecule has 2 aliphatic heterocycles. The number of amides is 2. The summed E-state index contributed by atoms with van der Waals surface area (Å²) in [6, 6.07) is 13.6. The average molecular weight is 408 g/mol. The Kier molecular flexibility index (Phi) is 5.52. The Morgan fingerprint density at radius 2 is 1.80 bits per heavy atom. The third-order valence-electron chi connectivity index (χ3n) is 6.30. The highest BCUT2D eigenvalue weighted by atomic mass is 16.5. The van der Waals surface area contributed by atoms with Gasteiger partial charge < -0.3 is 14.7 Å². The van der Waals surface area contributed by atoms with Crippen LogP contribution in [0.5, 0.6) is 5.75 Å². The molecule has 4 rings (SSSR count).